The van der Waals surface area contributed by atoms with Crippen LogP contribution < -0.4 is 26.6 Å². The fourth-order valence-corrected chi connectivity index (χ4v) is 4.11. The van der Waals surface area contributed by atoms with Crippen molar-refractivity contribution in [2.24, 2.45) is 0 Å². The van der Waals surface area contributed by atoms with Crippen LogP contribution in [0.5, 0.6) is 5.75 Å². The highest BCUT2D eigenvalue weighted by Gasteiger charge is 2.24. The molecule has 2 aromatic carbocycles. The van der Waals surface area contributed by atoms with Crippen molar-refractivity contribution in [2.75, 3.05) is 30.0 Å². The second-order valence-corrected chi connectivity index (χ2v) is 8.48. The van der Waals surface area contributed by atoms with Gasteiger partial charge in [-0.3, -0.25) is 19.1 Å². The lowest BCUT2D eigenvalue weighted by atomic mass is 10.2. The molecular formula is C24H28N4O4S. The number of H-pyrrole nitrogens is 1. The molecule has 3 N–H and O–H groups in total. The number of aromatic amines is 1. The molecular weight excluding hydrogens is 440 g/mol. The number of aromatic nitrogens is 2. The van der Waals surface area contributed by atoms with E-state index >= 15 is 0 Å². The van der Waals surface area contributed by atoms with E-state index < -0.39 is 11.2 Å². The summed E-state index contributed by atoms with van der Waals surface area (Å²) in [6.07, 6.45) is 1.52. The van der Waals surface area contributed by atoms with Gasteiger partial charge in [0.05, 0.1) is 19.4 Å². The zero-order valence-corrected chi connectivity index (χ0v) is 19.6. The van der Waals surface area contributed by atoms with E-state index in [0.29, 0.717) is 13.0 Å². The highest BCUT2D eigenvalue weighted by atomic mass is 32.2. The number of nitrogens with zero attached hydrogens (tertiary/aromatic N) is 2. The van der Waals surface area contributed by atoms with Crippen LogP contribution in [0.2, 0.25) is 0 Å². The number of carbonyl (C=O) groups is 1. The predicted octanol–water partition coefficient (Wildman–Crippen LogP) is 3.10. The Morgan fingerprint density at radius 2 is 1.82 bits per heavy atom. The number of benzene rings is 2. The molecule has 1 heterocycles. The predicted molar refractivity (Wildman–Crippen MR) is 132 cm³/mol. The minimum atomic E-state index is -0.666. The molecule has 0 radical (unpaired) electrons. The second-order valence-electron chi connectivity index (χ2n) is 7.43. The highest BCUT2D eigenvalue weighted by molar-refractivity contribution is 8.00. The monoisotopic (exact) mass is 468 g/mol. The number of thioether (sulfide) groups is 1. The van der Waals surface area contributed by atoms with Gasteiger partial charge >= 0.3 is 5.69 Å². The molecule has 0 saturated heterocycles. The Hall–Kier alpha value is -3.46. The van der Waals surface area contributed by atoms with Gasteiger partial charge in [0.1, 0.15) is 11.6 Å². The molecule has 33 heavy (non-hydrogen) atoms. The van der Waals surface area contributed by atoms with Crippen LogP contribution in [0.15, 0.2) is 69.1 Å². The maximum absolute atomic E-state index is 13.2. The van der Waals surface area contributed by atoms with Gasteiger partial charge in [-0.2, -0.15) is 0 Å². The smallest absolute Gasteiger partial charge is 0.330 e. The van der Waals surface area contributed by atoms with Crippen LogP contribution in [0.1, 0.15) is 25.3 Å². The van der Waals surface area contributed by atoms with Crippen molar-refractivity contribution < 1.29 is 9.53 Å². The summed E-state index contributed by atoms with van der Waals surface area (Å²) in [5.74, 6) is 0.570. The zero-order valence-electron chi connectivity index (χ0n) is 18.7. The van der Waals surface area contributed by atoms with E-state index in [9.17, 15) is 14.4 Å². The van der Waals surface area contributed by atoms with Crippen LogP contribution in [0, 0.1) is 0 Å². The number of nitrogens with two attached hydrogens (primary N) is 1. The number of rotatable bonds is 10. The van der Waals surface area contributed by atoms with Crippen LogP contribution in [0.25, 0.3) is 0 Å². The number of nitrogens with one attached hydrogen (secondary N) is 1. The maximum Gasteiger partial charge on any atom is 0.330 e. The Morgan fingerprint density at radius 3 is 2.45 bits per heavy atom. The van der Waals surface area contributed by atoms with Crippen LogP contribution in [-0.4, -0.2) is 34.9 Å². The van der Waals surface area contributed by atoms with Crippen molar-refractivity contribution in [2.45, 2.75) is 31.2 Å². The highest BCUT2D eigenvalue weighted by Crippen LogP contribution is 2.24. The van der Waals surface area contributed by atoms with E-state index in [1.165, 1.54) is 21.2 Å². The number of ether oxygens (including phenoxy) is 1. The molecule has 0 aliphatic rings. The molecule has 3 aromatic rings. The van der Waals surface area contributed by atoms with E-state index in [2.05, 4.69) is 4.98 Å². The van der Waals surface area contributed by atoms with Gasteiger partial charge in [0, 0.05) is 11.4 Å². The average molecular weight is 469 g/mol. The SMILES string of the molecule is CCCCN(C(=O)CSc1ccc(OC)cc1)c1c(N)n(Cc2ccccc2)c(=O)[nH]c1=O. The molecule has 0 bridgehead atoms. The lowest BCUT2D eigenvalue weighted by molar-refractivity contribution is -0.116. The minimum Gasteiger partial charge on any atom is -0.497 e. The number of nitrogen functional groups attached to an aromatic ring is 1. The zero-order chi connectivity index (χ0) is 23.8. The molecule has 3 rings (SSSR count). The number of hydrogen-bond acceptors (Lipinski definition) is 6. The molecule has 0 fully saturated rings. The fourth-order valence-electron chi connectivity index (χ4n) is 3.33. The third kappa shape index (κ3) is 6.07. The Bertz CT molecular complexity index is 1190. The second kappa shape index (κ2) is 11.4. The molecule has 0 spiro atoms. The number of unbranched alkanes of at least 4 members (excludes halogenated alkanes) is 1. The summed E-state index contributed by atoms with van der Waals surface area (Å²) in [5.41, 5.74) is 5.90. The average Bonchev–Trinajstić information content (AvgIpc) is 2.83. The van der Waals surface area contributed by atoms with Gasteiger partial charge in [0.2, 0.25) is 5.91 Å². The van der Waals surface area contributed by atoms with Gasteiger partial charge < -0.3 is 15.4 Å². The van der Waals surface area contributed by atoms with Crippen molar-refractivity contribution in [3.05, 3.63) is 81.0 Å². The van der Waals surface area contributed by atoms with Gasteiger partial charge in [-0.1, -0.05) is 43.7 Å². The molecule has 9 heteroatoms. The fraction of sp³-hybridized carbons (Fsp3) is 0.292. The van der Waals surface area contributed by atoms with Crippen LogP contribution >= 0.6 is 11.8 Å². The van der Waals surface area contributed by atoms with E-state index in [0.717, 1.165) is 22.6 Å². The first-order chi connectivity index (χ1) is 15.9. The summed E-state index contributed by atoms with van der Waals surface area (Å²) in [5, 5.41) is 0. The van der Waals surface area contributed by atoms with E-state index in [-0.39, 0.29) is 29.7 Å². The summed E-state index contributed by atoms with van der Waals surface area (Å²) in [7, 11) is 1.59. The van der Waals surface area contributed by atoms with Crippen LogP contribution in [0.3, 0.4) is 0 Å². The third-order valence-electron chi connectivity index (χ3n) is 5.13. The lowest BCUT2D eigenvalue weighted by Gasteiger charge is -2.24. The molecule has 0 aliphatic carbocycles. The number of anilines is 2. The number of carbonyl (C=O) groups excluding carboxylic acids is 1. The number of hydrogen-bond donors (Lipinski definition) is 2. The van der Waals surface area contributed by atoms with Crippen molar-refractivity contribution in [1.82, 2.24) is 9.55 Å². The van der Waals surface area contributed by atoms with E-state index in [1.54, 1.807) is 7.11 Å². The van der Waals surface area contributed by atoms with Gasteiger partial charge in [0.15, 0.2) is 5.69 Å². The number of amides is 1. The van der Waals surface area contributed by atoms with Crippen molar-refractivity contribution in [3.63, 3.8) is 0 Å². The number of methoxy groups -OCH3 is 1. The first-order valence-electron chi connectivity index (χ1n) is 10.7. The Labute approximate surface area is 196 Å². The summed E-state index contributed by atoms with van der Waals surface area (Å²) < 4.78 is 6.45. The summed E-state index contributed by atoms with van der Waals surface area (Å²) in [4.78, 5) is 43.1. The summed E-state index contributed by atoms with van der Waals surface area (Å²) >= 11 is 1.36. The van der Waals surface area contributed by atoms with Gasteiger partial charge in [0.25, 0.3) is 5.56 Å². The van der Waals surface area contributed by atoms with Crippen LogP contribution in [0.4, 0.5) is 11.5 Å². The Kier molecular flexibility index (Phi) is 8.37. The Balaban J connectivity index is 1.90. The summed E-state index contributed by atoms with van der Waals surface area (Å²) in [6.45, 7) is 2.51. The minimum absolute atomic E-state index is 0.0133. The lowest BCUT2D eigenvalue weighted by Crippen LogP contribution is -2.42. The van der Waals surface area contributed by atoms with Gasteiger partial charge in [-0.15, -0.1) is 11.8 Å². The molecule has 0 saturated carbocycles. The van der Waals surface area contributed by atoms with Crippen molar-refractivity contribution in [1.29, 1.82) is 0 Å². The molecule has 1 aromatic heterocycles. The van der Waals surface area contributed by atoms with E-state index in [1.807, 2.05) is 61.5 Å². The Morgan fingerprint density at radius 1 is 1.12 bits per heavy atom. The van der Waals surface area contributed by atoms with Crippen molar-refractivity contribution in [3.8, 4) is 5.75 Å². The molecule has 8 nitrogen and oxygen atoms in total. The largest absolute Gasteiger partial charge is 0.497 e. The molecule has 0 unspecified atom stereocenters. The third-order valence-corrected chi connectivity index (χ3v) is 6.12. The topological polar surface area (TPSA) is 110 Å². The maximum atomic E-state index is 13.2. The molecule has 1 amide bonds. The molecule has 0 aliphatic heterocycles. The van der Waals surface area contributed by atoms with Gasteiger partial charge in [-0.05, 0) is 36.2 Å². The van der Waals surface area contributed by atoms with Crippen molar-refractivity contribution >= 4 is 29.2 Å². The first-order valence-corrected chi connectivity index (χ1v) is 11.7. The molecule has 174 valence electrons. The first kappa shape index (κ1) is 24.2. The molecule has 0 atom stereocenters. The van der Waals surface area contributed by atoms with Crippen LogP contribution in [-0.2, 0) is 11.3 Å². The quantitative estimate of drug-likeness (QED) is 0.443. The van der Waals surface area contributed by atoms with E-state index in [4.69, 9.17) is 10.5 Å². The van der Waals surface area contributed by atoms with Gasteiger partial charge in [-0.25, -0.2) is 4.79 Å². The standard InChI is InChI=1S/C24H28N4O4S/c1-3-4-14-27(20(29)16-33-19-12-10-18(32-2)11-13-19)21-22(25)28(24(31)26-23(21)30)15-17-8-6-5-7-9-17/h5-13H,3-4,14-16,25H2,1-2H3,(H,26,30,31). The normalized spacial score (nSPS) is 10.7. The summed E-state index contributed by atoms with van der Waals surface area (Å²) in [6, 6.07) is 16.7.